The fourth-order valence-corrected chi connectivity index (χ4v) is 2.12. The molecule has 3 nitrogen and oxygen atoms in total. The second-order valence-electron chi connectivity index (χ2n) is 5.19. The lowest BCUT2D eigenvalue weighted by atomic mass is 10.0. The summed E-state index contributed by atoms with van der Waals surface area (Å²) >= 11 is 0. The molecule has 0 saturated heterocycles. The van der Waals surface area contributed by atoms with Crippen molar-refractivity contribution in [2.24, 2.45) is 0 Å². The Morgan fingerprint density at radius 3 is 2.76 bits per heavy atom. The molecule has 0 fully saturated rings. The standard InChI is InChI=1S/C18H25NO2/c1-4-5-7-13-19(3)18(21)17-12-9-11-16(15(17)2)10-6-8-14-20/h9,11-12,20H,4-5,7-8,13-14H2,1-3H3. The van der Waals surface area contributed by atoms with E-state index in [1.807, 2.05) is 32.2 Å². The molecule has 1 aromatic rings. The van der Waals surface area contributed by atoms with E-state index in [4.69, 9.17) is 5.11 Å². The molecule has 0 unspecified atom stereocenters. The minimum absolute atomic E-state index is 0.0504. The lowest BCUT2D eigenvalue weighted by Crippen LogP contribution is -2.28. The number of hydrogen-bond acceptors (Lipinski definition) is 2. The van der Waals surface area contributed by atoms with Crippen molar-refractivity contribution in [3.8, 4) is 11.8 Å². The number of amides is 1. The van der Waals surface area contributed by atoms with Gasteiger partial charge >= 0.3 is 0 Å². The zero-order valence-electron chi connectivity index (χ0n) is 13.3. The number of aliphatic hydroxyl groups excluding tert-OH is 1. The van der Waals surface area contributed by atoms with E-state index in [0.717, 1.165) is 36.9 Å². The van der Waals surface area contributed by atoms with Gasteiger partial charge in [0, 0.05) is 31.1 Å². The molecule has 0 spiro atoms. The molecule has 0 heterocycles. The minimum atomic E-state index is 0.0504. The highest BCUT2D eigenvalue weighted by atomic mass is 16.2. The van der Waals surface area contributed by atoms with Crippen LogP contribution in [0.5, 0.6) is 0 Å². The molecule has 0 aliphatic heterocycles. The Labute approximate surface area is 128 Å². The van der Waals surface area contributed by atoms with Crippen molar-refractivity contribution in [3.63, 3.8) is 0 Å². The van der Waals surface area contributed by atoms with Gasteiger partial charge in [-0.1, -0.05) is 37.7 Å². The van der Waals surface area contributed by atoms with Crippen LogP contribution in [0.2, 0.25) is 0 Å². The fraction of sp³-hybridized carbons (Fsp3) is 0.500. The second-order valence-corrected chi connectivity index (χ2v) is 5.19. The molecular weight excluding hydrogens is 262 g/mol. The van der Waals surface area contributed by atoms with Gasteiger partial charge in [0.05, 0.1) is 6.61 Å². The van der Waals surface area contributed by atoms with Gasteiger partial charge in [-0.2, -0.15) is 0 Å². The molecule has 0 aliphatic rings. The Balaban J connectivity index is 2.85. The molecule has 114 valence electrons. The molecule has 0 bridgehead atoms. The van der Waals surface area contributed by atoms with E-state index in [0.29, 0.717) is 12.0 Å². The average Bonchev–Trinajstić information content (AvgIpc) is 2.48. The van der Waals surface area contributed by atoms with E-state index in [-0.39, 0.29) is 12.5 Å². The van der Waals surface area contributed by atoms with Crippen LogP contribution in [0.15, 0.2) is 18.2 Å². The van der Waals surface area contributed by atoms with E-state index >= 15 is 0 Å². The Morgan fingerprint density at radius 1 is 1.33 bits per heavy atom. The van der Waals surface area contributed by atoms with E-state index in [2.05, 4.69) is 18.8 Å². The van der Waals surface area contributed by atoms with Crippen LogP contribution in [-0.4, -0.2) is 36.1 Å². The van der Waals surface area contributed by atoms with Gasteiger partial charge in [-0.25, -0.2) is 0 Å². The summed E-state index contributed by atoms with van der Waals surface area (Å²) in [6, 6.07) is 5.63. The zero-order chi connectivity index (χ0) is 15.7. The predicted molar refractivity (Wildman–Crippen MR) is 86.2 cm³/mol. The van der Waals surface area contributed by atoms with Gasteiger partial charge in [0.1, 0.15) is 0 Å². The second kappa shape index (κ2) is 9.20. The highest BCUT2D eigenvalue weighted by Crippen LogP contribution is 2.15. The first-order valence-corrected chi connectivity index (χ1v) is 7.56. The summed E-state index contributed by atoms with van der Waals surface area (Å²) in [7, 11) is 1.85. The maximum Gasteiger partial charge on any atom is 0.253 e. The number of unbranched alkanes of at least 4 members (excludes halogenated alkanes) is 2. The number of aliphatic hydroxyl groups is 1. The summed E-state index contributed by atoms with van der Waals surface area (Å²) in [5.74, 6) is 5.97. The summed E-state index contributed by atoms with van der Waals surface area (Å²) in [4.78, 5) is 14.3. The van der Waals surface area contributed by atoms with Crippen molar-refractivity contribution in [2.75, 3.05) is 20.2 Å². The Hall–Kier alpha value is -1.79. The van der Waals surface area contributed by atoms with Gasteiger partial charge in [0.25, 0.3) is 5.91 Å². The molecule has 0 aliphatic carbocycles. The molecule has 0 aromatic heterocycles. The number of carbonyl (C=O) groups excluding carboxylic acids is 1. The van der Waals surface area contributed by atoms with Gasteiger partial charge < -0.3 is 10.0 Å². The van der Waals surface area contributed by atoms with Crippen molar-refractivity contribution in [3.05, 3.63) is 34.9 Å². The largest absolute Gasteiger partial charge is 0.395 e. The predicted octanol–water partition coefficient (Wildman–Crippen LogP) is 2.99. The summed E-state index contributed by atoms with van der Waals surface area (Å²) < 4.78 is 0. The van der Waals surface area contributed by atoms with Crippen LogP contribution in [0.4, 0.5) is 0 Å². The Bertz CT molecular complexity index is 526. The van der Waals surface area contributed by atoms with E-state index in [9.17, 15) is 4.79 Å². The third kappa shape index (κ3) is 5.24. The zero-order valence-corrected chi connectivity index (χ0v) is 13.3. The quantitative estimate of drug-likeness (QED) is 0.645. The fourth-order valence-electron chi connectivity index (χ4n) is 2.12. The lowest BCUT2D eigenvalue weighted by molar-refractivity contribution is 0.0792. The van der Waals surface area contributed by atoms with E-state index < -0.39 is 0 Å². The molecule has 0 radical (unpaired) electrons. The van der Waals surface area contributed by atoms with Crippen LogP contribution in [0.25, 0.3) is 0 Å². The van der Waals surface area contributed by atoms with Crippen molar-refractivity contribution >= 4 is 5.91 Å². The normalized spacial score (nSPS) is 9.90. The van der Waals surface area contributed by atoms with Crippen molar-refractivity contribution in [1.82, 2.24) is 4.90 Å². The summed E-state index contributed by atoms with van der Waals surface area (Å²) in [6.07, 6.45) is 3.78. The number of nitrogens with zero attached hydrogens (tertiary/aromatic N) is 1. The molecule has 3 heteroatoms. The maximum atomic E-state index is 12.5. The van der Waals surface area contributed by atoms with Crippen molar-refractivity contribution in [1.29, 1.82) is 0 Å². The number of carbonyl (C=O) groups is 1. The molecule has 1 N–H and O–H groups in total. The molecule has 21 heavy (non-hydrogen) atoms. The molecule has 1 rings (SSSR count). The number of rotatable bonds is 6. The van der Waals surface area contributed by atoms with E-state index in [1.165, 1.54) is 0 Å². The molecule has 1 aromatic carbocycles. The highest BCUT2D eigenvalue weighted by molar-refractivity contribution is 5.96. The molecule has 0 saturated carbocycles. The SMILES string of the molecule is CCCCCN(C)C(=O)c1cccc(C#CCCO)c1C. The molecule has 1 amide bonds. The Morgan fingerprint density at radius 2 is 2.10 bits per heavy atom. The van der Waals surface area contributed by atoms with Crippen LogP contribution >= 0.6 is 0 Å². The van der Waals surface area contributed by atoms with Crippen LogP contribution < -0.4 is 0 Å². The third-order valence-corrected chi connectivity index (χ3v) is 3.47. The first kappa shape index (κ1) is 17.3. The van der Waals surface area contributed by atoms with Crippen molar-refractivity contribution in [2.45, 2.75) is 39.5 Å². The van der Waals surface area contributed by atoms with Crippen LogP contribution in [0.1, 0.15) is 54.1 Å². The summed E-state index contributed by atoms with van der Waals surface area (Å²) in [5.41, 5.74) is 2.48. The smallest absolute Gasteiger partial charge is 0.253 e. The average molecular weight is 287 g/mol. The lowest BCUT2D eigenvalue weighted by Gasteiger charge is -2.18. The third-order valence-electron chi connectivity index (χ3n) is 3.47. The maximum absolute atomic E-state index is 12.5. The summed E-state index contributed by atoms with van der Waals surface area (Å²) in [6.45, 7) is 4.92. The van der Waals surface area contributed by atoms with Gasteiger partial charge in [-0.15, -0.1) is 0 Å². The van der Waals surface area contributed by atoms with Crippen molar-refractivity contribution < 1.29 is 9.90 Å². The van der Waals surface area contributed by atoms with Crippen LogP contribution in [-0.2, 0) is 0 Å². The first-order chi connectivity index (χ1) is 10.1. The molecular formula is C18H25NO2. The van der Waals surface area contributed by atoms with Gasteiger partial charge in [-0.3, -0.25) is 4.79 Å². The van der Waals surface area contributed by atoms with Crippen LogP contribution in [0, 0.1) is 18.8 Å². The van der Waals surface area contributed by atoms with Gasteiger partial charge in [-0.05, 0) is 31.0 Å². The minimum Gasteiger partial charge on any atom is -0.395 e. The van der Waals surface area contributed by atoms with Gasteiger partial charge in [0.15, 0.2) is 0 Å². The number of hydrogen-bond donors (Lipinski definition) is 1. The Kier molecular flexibility index (Phi) is 7.56. The van der Waals surface area contributed by atoms with Gasteiger partial charge in [0.2, 0.25) is 0 Å². The molecule has 0 atom stereocenters. The van der Waals surface area contributed by atoms with Crippen LogP contribution in [0.3, 0.4) is 0 Å². The summed E-state index contributed by atoms with van der Waals surface area (Å²) in [5, 5.41) is 8.77. The highest BCUT2D eigenvalue weighted by Gasteiger charge is 2.14. The monoisotopic (exact) mass is 287 g/mol. The first-order valence-electron chi connectivity index (χ1n) is 7.56. The number of benzene rings is 1. The topological polar surface area (TPSA) is 40.5 Å². The van der Waals surface area contributed by atoms with E-state index in [1.54, 1.807) is 4.90 Å².